The standard InChI is InChI=1S/C18H22N6O/c1-25-13-17-21-18-16(8-5-9-23(18)22-17)19-10-14-11-20-24(12-14)15-6-3-2-4-7-15/h2-4,6-7,11-12,16,19H,5,8-10,13H2,1H3/t16-/m1/s1. The van der Waals surface area contributed by atoms with Gasteiger partial charge in [-0.2, -0.15) is 10.2 Å². The Morgan fingerprint density at radius 3 is 3.00 bits per heavy atom. The number of ether oxygens (including phenoxy) is 1. The predicted molar refractivity (Wildman–Crippen MR) is 93.1 cm³/mol. The number of para-hydroxylation sites is 1. The van der Waals surface area contributed by atoms with Crippen molar-refractivity contribution in [2.45, 2.75) is 38.6 Å². The zero-order valence-electron chi connectivity index (χ0n) is 14.3. The molecule has 4 rings (SSSR count). The number of hydrogen-bond acceptors (Lipinski definition) is 5. The van der Waals surface area contributed by atoms with Crippen molar-refractivity contribution in [1.29, 1.82) is 0 Å². The minimum atomic E-state index is 0.215. The summed E-state index contributed by atoms with van der Waals surface area (Å²) >= 11 is 0. The summed E-state index contributed by atoms with van der Waals surface area (Å²) in [6.07, 6.45) is 6.14. The van der Waals surface area contributed by atoms with Crippen molar-refractivity contribution >= 4 is 0 Å². The fraction of sp³-hybridized carbons (Fsp3) is 0.389. The van der Waals surface area contributed by atoms with E-state index in [1.54, 1.807) is 7.11 Å². The first kappa shape index (κ1) is 16.0. The van der Waals surface area contributed by atoms with Gasteiger partial charge in [-0.1, -0.05) is 18.2 Å². The van der Waals surface area contributed by atoms with Crippen molar-refractivity contribution in [2.75, 3.05) is 7.11 Å². The highest BCUT2D eigenvalue weighted by Crippen LogP contribution is 2.23. The van der Waals surface area contributed by atoms with Gasteiger partial charge in [-0.3, -0.25) is 0 Å². The molecule has 0 unspecified atom stereocenters. The maximum atomic E-state index is 5.15. The van der Waals surface area contributed by atoms with Gasteiger partial charge in [-0.25, -0.2) is 14.3 Å². The second-order valence-corrected chi connectivity index (χ2v) is 6.25. The van der Waals surface area contributed by atoms with Crippen LogP contribution in [0.25, 0.3) is 5.69 Å². The molecule has 3 heterocycles. The van der Waals surface area contributed by atoms with Gasteiger partial charge in [-0.15, -0.1) is 0 Å². The van der Waals surface area contributed by atoms with E-state index in [9.17, 15) is 0 Å². The topological polar surface area (TPSA) is 69.8 Å². The summed E-state index contributed by atoms with van der Waals surface area (Å²) in [5.41, 5.74) is 2.22. The number of fused-ring (bicyclic) bond motifs is 1. The second-order valence-electron chi connectivity index (χ2n) is 6.25. The Hall–Kier alpha value is -2.51. The van der Waals surface area contributed by atoms with Gasteiger partial charge in [0.1, 0.15) is 12.4 Å². The first-order chi connectivity index (χ1) is 12.3. The number of aryl methyl sites for hydroxylation is 1. The zero-order valence-corrected chi connectivity index (χ0v) is 14.3. The average molecular weight is 338 g/mol. The lowest BCUT2D eigenvalue weighted by molar-refractivity contribution is 0.177. The summed E-state index contributed by atoms with van der Waals surface area (Å²) in [7, 11) is 1.67. The number of nitrogens with one attached hydrogen (secondary N) is 1. The molecule has 0 spiro atoms. The summed E-state index contributed by atoms with van der Waals surface area (Å²) in [6, 6.07) is 10.3. The quantitative estimate of drug-likeness (QED) is 0.746. The lowest BCUT2D eigenvalue weighted by atomic mass is 10.1. The van der Waals surface area contributed by atoms with Gasteiger partial charge >= 0.3 is 0 Å². The molecule has 25 heavy (non-hydrogen) atoms. The van der Waals surface area contributed by atoms with Crippen LogP contribution in [0.2, 0.25) is 0 Å². The van der Waals surface area contributed by atoms with Crippen LogP contribution in [0.5, 0.6) is 0 Å². The summed E-state index contributed by atoms with van der Waals surface area (Å²) in [6.45, 7) is 2.14. The van der Waals surface area contributed by atoms with Gasteiger partial charge in [0.25, 0.3) is 0 Å². The molecule has 0 fully saturated rings. The van der Waals surface area contributed by atoms with Crippen molar-refractivity contribution in [1.82, 2.24) is 29.9 Å². The predicted octanol–water partition coefficient (Wildman–Crippen LogP) is 2.23. The lowest BCUT2D eigenvalue weighted by Gasteiger charge is -2.22. The largest absolute Gasteiger partial charge is 0.377 e. The van der Waals surface area contributed by atoms with E-state index in [-0.39, 0.29) is 6.04 Å². The van der Waals surface area contributed by atoms with Crippen LogP contribution in [0.4, 0.5) is 0 Å². The second kappa shape index (κ2) is 7.16. The van der Waals surface area contributed by atoms with Crippen LogP contribution < -0.4 is 5.32 Å². The van der Waals surface area contributed by atoms with Crippen LogP contribution in [0.1, 0.15) is 36.1 Å². The van der Waals surface area contributed by atoms with Gasteiger partial charge in [0.15, 0.2) is 5.82 Å². The Bertz CT molecular complexity index is 825. The minimum Gasteiger partial charge on any atom is -0.377 e. The SMILES string of the molecule is COCc1nc2n(n1)CCC[C@H]2NCc1cnn(-c2ccccc2)c1. The van der Waals surface area contributed by atoms with E-state index in [1.165, 1.54) is 0 Å². The highest BCUT2D eigenvalue weighted by atomic mass is 16.5. The smallest absolute Gasteiger partial charge is 0.176 e. The number of rotatable bonds is 6. The normalized spacial score (nSPS) is 16.8. The van der Waals surface area contributed by atoms with Crippen molar-refractivity contribution in [2.24, 2.45) is 0 Å². The highest BCUT2D eigenvalue weighted by Gasteiger charge is 2.23. The third kappa shape index (κ3) is 3.47. The van der Waals surface area contributed by atoms with E-state index in [2.05, 4.69) is 26.7 Å². The van der Waals surface area contributed by atoms with E-state index in [4.69, 9.17) is 4.74 Å². The van der Waals surface area contributed by atoms with Crippen molar-refractivity contribution in [3.05, 3.63) is 59.9 Å². The van der Waals surface area contributed by atoms with E-state index < -0.39 is 0 Å². The van der Waals surface area contributed by atoms with Crippen LogP contribution >= 0.6 is 0 Å². The van der Waals surface area contributed by atoms with E-state index >= 15 is 0 Å². The van der Waals surface area contributed by atoms with Crippen LogP contribution in [-0.4, -0.2) is 31.7 Å². The molecule has 7 nitrogen and oxygen atoms in total. The third-order valence-corrected chi connectivity index (χ3v) is 4.40. The molecule has 3 aromatic rings. The van der Waals surface area contributed by atoms with E-state index in [0.29, 0.717) is 6.61 Å². The summed E-state index contributed by atoms with van der Waals surface area (Å²) in [5, 5.41) is 12.6. The van der Waals surface area contributed by atoms with Crippen LogP contribution in [0.15, 0.2) is 42.7 Å². The molecule has 2 aromatic heterocycles. The van der Waals surface area contributed by atoms with Crippen LogP contribution in [-0.2, 0) is 24.4 Å². The van der Waals surface area contributed by atoms with Crippen molar-refractivity contribution in [3.8, 4) is 5.69 Å². The van der Waals surface area contributed by atoms with Gasteiger partial charge in [-0.05, 0) is 25.0 Å². The van der Waals surface area contributed by atoms with Gasteiger partial charge in [0.2, 0.25) is 0 Å². The molecule has 7 heteroatoms. The molecule has 1 aliphatic rings. The molecule has 1 aromatic carbocycles. The number of nitrogens with zero attached hydrogens (tertiary/aromatic N) is 5. The molecule has 130 valence electrons. The minimum absolute atomic E-state index is 0.215. The van der Waals surface area contributed by atoms with E-state index in [1.807, 2.05) is 45.9 Å². The monoisotopic (exact) mass is 338 g/mol. The Morgan fingerprint density at radius 2 is 2.16 bits per heavy atom. The molecule has 0 bridgehead atoms. The average Bonchev–Trinajstić information content (AvgIpc) is 3.28. The van der Waals surface area contributed by atoms with E-state index in [0.717, 1.165) is 48.8 Å². The highest BCUT2D eigenvalue weighted by molar-refractivity contribution is 5.30. The van der Waals surface area contributed by atoms with Gasteiger partial charge in [0, 0.05) is 32.0 Å². The molecule has 0 amide bonds. The molecule has 0 saturated carbocycles. The maximum absolute atomic E-state index is 5.15. The Labute approximate surface area is 146 Å². The Kier molecular flexibility index (Phi) is 4.58. The summed E-state index contributed by atoms with van der Waals surface area (Å²) < 4.78 is 9.05. The molecule has 0 aliphatic carbocycles. The van der Waals surface area contributed by atoms with Crippen LogP contribution in [0, 0.1) is 0 Å². The van der Waals surface area contributed by atoms with Crippen molar-refractivity contribution in [3.63, 3.8) is 0 Å². The van der Waals surface area contributed by atoms with Gasteiger partial charge in [0.05, 0.1) is 17.9 Å². The first-order valence-electron chi connectivity index (χ1n) is 8.58. The molecule has 1 atom stereocenters. The maximum Gasteiger partial charge on any atom is 0.176 e. The lowest BCUT2D eigenvalue weighted by Crippen LogP contribution is -2.28. The van der Waals surface area contributed by atoms with Gasteiger partial charge < -0.3 is 10.1 Å². The molecule has 0 saturated heterocycles. The summed E-state index contributed by atoms with van der Waals surface area (Å²) in [5.74, 6) is 1.76. The number of methoxy groups -OCH3 is 1. The Morgan fingerprint density at radius 1 is 1.28 bits per heavy atom. The fourth-order valence-electron chi connectivity index (χ4n) is 3.20. The third-order valence-electron chi connectivity index (χ3n) is 4.40. The van der Waals surface area contributed by atoms with Crippen molar-refractivity contribution < 1.29 is 4.74 Å². The van der Waals surface area contributed by atoms with Crippen LogP contribution in [0.3, 0.4) is 0 Å². The molecular weight excluding hydrogens is 316 g/mol. The molecule has 1 N–H and O–H groups in total. The molecule has 0 radical (unpaired) electrons. The molecular formula is C18H22N6O. The number of hydrogen-bond donors (Lipinski definition) is 1. The Balaban J connectivity index is 1.43. The zero-order chi connectivity index (χ0) is 17.1. The summed E-state index contributed by atoms with van der Waals surface area (Å²) in [4.78, 5) is 4.63. The fourth-order valence-corrected chi connectivity index (χ4v) is 3.20. The molecule has 1 aliphatic heterocycles. The number of benzene rings is 1. The first-order valence-corrected chi connectivity index (χ1v) is 8.58. The number of aromatic nitrogens is 5.